The summed E-state index contributed by atoms with van der Waals surface area (Å²) < 4.78 is 26.9. The van der Waals surface area contributed by atoms with Crippen molar-refractivity contribution in [3.8, 4) is 16.2 Å². The number of hydrogen-bond donors (Lipinski definition) is 3. The van der Waals surface area contributed by atoms with Gasteiger partial charge in [-0.25, -0.2) is 4.98 Å². The van der Waals surface area contributed by atoms with Crippen LogP contribution < -0.4 is 15.4 Å². The minimum absolute atomic E-state index is 0.0180. The second-order valence-corrected chi connectivity index (χ2v) is 15.6. The minimum Gasteiger partial charge on any atom is -0.491 e. The Labute approximate surface area is 333 Å². The maximum Gasteiger partial charge on any atom is 0.305 e. The van der Waals surface area contributed by atoms with Crippen LogP contribution in [0.15, 0.2) is 54.0 Å². The lowest BCUT2D eigenvalue weighted by Gasteiger charge is -2.35. The lowest BCUT2D eigenvalue weighted by atomic mass is 9.85. The number of carbonyl (C=O) groups is 4. The van der Waals surface area contributed by atoms with Gasteiger partial charge in [0.2, 0.25) is 17.7 Å². The van der Waals surface area contributed by atoms with Gasteiger partial charge in [0.25, 0.3) is 0 Å². The predicted octanol–water partition coefficient (Wildman–Crippen LogP) is 4.02. The lowest BCUT2D eigenvalue weighted by Crippen LogP contribution is -2.58. The molecule has 3 amide bonds. The van der Waals surface area contributed by atoms with Gasteiger partial charge in [0.15, 0.2) is 0 Å². The van der Waals surface area contributed by atoms with E-state index in [-0.39, 0.29) is 50.7 Å². The Morgan fingerprint density at radius 3 is 2.18 bits per heavy atom. The molecule has 3 aromatic rings. The van der Waals surface area contributed by atoms with Crippen LogP contribution in [0.2, 0.25) is 0 Å². The van der Waals surface area contributed by atoms with Crippen LogP contribution in [0.3, 0.4) is 0 Å². The molecule has 2 heterocycles. The van der Waals surface area contributed by atoms with E-state index in [9.17, 15) is 24.3 Å². The summed E-state index contributed by atoms with van der Waals surface area (Å²) >= 11 is 1.57. The van der Waals surface area contributed by atoms with Crippen LogP contribution in [0, 0.1) is 12.3 Å². The third-order valence-electron chi connectivity index (χ3n) is 9.30. The summed E-state index contributed by atoms with van der Waals surface area (Å²) in [7, 11) is 1.37. The molecule has 0 aliphatic carbocycles. The van der Waals surface area contributed by atoms with Crippen molar-refractivity contribution < 1.29 is 48.0 Å². The van der Waals surface area contributed by atoms with E-state index in [1.54, 1.807) is 11.3 Å². The van der Waals surface area contributed by atoms with Gasteiger partial charge >= 0.3 is 5.97 Å². The van der Waals surface area contributed by atoms with Crippen molar-refractivity contribution >= 4 is 35.0 Å². The first kappa shape index (κ1) is 44.3. The number of methoxy groups -OCH3 is 1. The number of amides is 3. The van der Waals surface area contributed by atoms with Crippen LogP contribution in [0.5, 0.6) is 5.75 Å². The number of aliphatic hydroxyl groups is 1. The Morgan fingerprint density at radius 1 is 0.929 bits per heavy atom. The van der Waals surface area contributed by atoms with Crippen molar-refractivity contribution in [3.63, 3.8) is 0 Å². The van der Waals surface area contributed by atoms with Crippen molar-refractivity contribution in [1.82, 2.24) is 20.5 Å². The number of benzene rings is 2. The standard InChI is InChI=1S/C41H56N4O10S/c1-27(30-10-12-31(13-11-30)37-28(2)42-26-56-37)43-39(49)34-23-32(46)24-45(34)40(50)38(41(3,4)5)44-35(47)25-54-20-19-52-17-18-53-21-22-55-33-14-7-29(8-15-33)9-16-36(48)51-6/h7-8,10-15,26-27,32,34,38,46H,9,16-25H2,1-6H3,(H,43,49)(H,44,47). The molecule has 0 bridgehead atoms. The SMILES string of the molecule is COC(=O)CCc1ccc(OCCOCCOCCOCC(=O)NC(C(=O)N2CC(O)CC2C(=O)NC(C)c2ccc(-c3scnc3C)cc2)C(C)(C)C)cc1. The Morgan fingerprint density at radius 2 is 1.57 bits per heavy atom. The number of nitrogens with zero attached hydrogens (tertiary/aromatic N) is 2. The smallest absolute Gasteiger partial charge is 0.305 e. The van der Waals surface area contributed by atoms with Gasteiger partial charge in [-0.3, -0.25) is 19.2 Å². The molecular weight excluding hydrogens is 741 g/mol. The normalized spacial score (nSPS) is 16.6. The van der Waals surface area contributed by atoms with E-state index in [0.29, 0.717) is 45.0 Å². The Kier molecular flexibility index (Phi) is 17.2. The van der Waals surface area contributed by atoms with E-state index in [2.05, 4.69) is 20.4 Å². The van der Waals surface area contributed by atoms with Gasteiger partial charge in [-0.1, -0.05) is 57.2 Å². The van der Waals surface area contributed by atoms with Crippen molar-refractivity contribution in [3.05, 3.63) is 70.9 Å². The number of β-amino-alcohol motifs (C(OH)–C–C–N with tert-alkyl or cyclic N) is 1. The Bertz CT molecular complexity index is 1710. The number of rotatable bonds is 21. The summed E-state index contributed by atoms with van der Waals surface area (Å²) in [6.45, 7) is 10.9. The van der Waals surface area contributed by atoms with Gasteiger partial charge in [0.1, 0.15) is 31.0 Å². The van der Waals surface area contributed by atoms with Crippen LogP contribution in [0.4, 0.5) is 0 Å². The fourth-order valence-corrected chi connectivity index (χ4v) is 6.95. The molecule has 2 aromatic carbocycles. The number of nitrogens with one attached hydrogen (secondary N) is 2. The topological polar surface area (TPSA) is 175 Å². The first-order chi connectivity index (χ1) is 26.8. The minimum atomic E-state index is -0.964. The molecule has 1 aliphatic heterocycles. The highest BCUT2D eigenvalue weighted by molar-refractivity contribution is 7.13. The quantitative estimate of drug-likeness (QED) is 0.105. The monoisotopic (exact) mass is 796 g/mol. The lowest BCUT2D eigenvalue weighted by molar-refractivity contribution is -0.144. The highest BCUT2D eigenvalue weighted by Crippen LogP contribution is 2.29. The molecule has 56 heavy (non-hydrogen) atoms. The maximum absolute atomic E-state index is 13.9. The number of aryl methyl sites for hydroxylation is 2. The molecule has 1 fully saturated rings. The van der Waals surface area contributed by atoms with Crippen LogP contribution in [-0.2, 0) is 44.5 Å². The van der Waals surface area contributed by atoms with Gasteiger partial charge in [-0.05, 0) is 54.5 Å². The molecule has 1 saturated heterocycles. The second kappa shape index (κ2) is 21.8. The molecule has 1 aliphatic rings. The molecule has 15 heteroatoms. The average molecular weight is 797 g/mol. The second-order valence-electron chi connectivity index (χ2n) is 14.7. The molecule has 1 aromatic heterocycles. The van der Waals surface area contributed by atoms with Crippen molar-refractivity contribution in [2.45, 2.75) is 78.1 Å². The van der Waals surface area contributed by atoms with Gasteiger partial charge in [-0.2, -0.15) is 0 Å². The molecule has 306 valence electrons. The number of likely N-dealkylation sites (tertiary alicyclic amines) is 1. The van der Waals surface area contributed by atoms with Crippen LogP contribution in [0.25, 0.3) is 10.4 Å². The van der Waals surface area contributed by atoms with Gasteiger partial charge in [0.05, 0.1) is 68.4 Å². The molecule has 0 spiro atoms. The first-order valence-electron chi connectivity index (χ1n) is 18.9. The Hall–Kier alpha value is -4.41. The van der Waals surface area contributed by atoms with E-state index in [1.165, 1.54) is 12.0 Å². The number of ether oxygens (including phenoxy) is 5. The van der Waals surface area contributed by atoms with E-state index >= 15 is 0 Å². The zero-order chi connectivity index (χ0) is 40.7. The van der Waals surface area contributed by atoms with Crippen molar-refractivity contribution in [2.24, 2.45) is 5.41 Å². The third-order valence-corrected chi connectivity index (χ3v) is 10.3. The number of hydrogen-bond acceptors (Lipinski definition) is 12. The van der Waals surface area contributed by atoms with Crippen molar-refractivity contribution in [1.29, 1.82) is 0 Å². The van der Waals surface area contributed by atoms with Crippen LogP contribution >= 0.6 is 11.3 Å². The number of aliphatic hydroxyl groups excluding tert-OH is 1. The summed E-state index contributed by atoms with van der Waals surface area (Å²) in [5, 5.41) is 16.3. The number of esters is 1. The van der Waals surface area contributed by atoms with Crippen molar-refractivity contribution in [2.75, 3.05) is 59.9 Å². The molecule has 4 rings (SSSR count). The zero-order valence-corrected chi connectivity index (χ0v) is 34.0. The average Bonchev–Trinajstić information content (AvgIpc) is 3.79. The van der Waals surface area contributed by atoms with E-state index < -0.39 is 35.4 Å². The zero-order valence-electron chi connectivity index (χ0n) is 33.2. The maximum atomic E-state index is 13.9. The summed E-state index contributed by atoms with van der Waals surface area (Å²) in [5.74, 6) is -0.836. The van der Waals surface area contributed by atoms with E-state index in [1.807, 2.05) is 88.7 Å². The largest absolute Gasteiger partial charge is 0.491 e. The molecular formula is C41H56N4O10S. The molecule has 4 unspecified atom stereocenters. The number of thiazole rings is 1. The van der Waals surface area contributed by atoms with Crippen LogP contribution in [0.1, 0.15) is 63.4 Å². The highest BCUT2D eigenvalue weighted by Gasteiger charge is 2.44. The summed E-state index contributed by atoms with van der Waals surface area (Å²) in [4.78, 5) is 58.4. The van der Waals surface area contributed by atoms with E-state index in [0.717, 1.165) is 27.3 Å². The predicted molar refractivity (Wildman–Crippen MR) is 211 cm³/mol. The third kappa shape index (κ3) is 13.7. The van der Waals surface area contributed by atoms with Crippen LogP contribution in [-0.4, -0.2) is 117 Å². The van der Waals surface area contributed by atoms with Gasteiger partial charge < -0.3 is 44.3 Å². The Balaban J connectivity index is 1.13. The molecule has 3 N–H and O–H groups in total. The van der Waals surface area contributed by atoms with Gasteiger partial charge in [0, 0.05) is 19.4 Å². The summed E-state index contributed by atoms with van der Waals surface area (Å²) in [6, 6.07) is 13.2. The molecule has 4 atom stereocenters. The molecule has 0 saturated carbocycles. The fraction of sp³-hybridized carbons (Fsp3) is 0.537. The number of carbonyl (C=O) groups excluding carboxylic acids is 4. The van der Waals surface area contributed by atoms with Gasteiger partial charge in [-0.15, -0.1) is 11.3 Å². The highest BCUT2D eigenvalue weighted by atomic mass is 32.1. The first-order valence-corrected chi connectivity index (χ1v) is 19.7. The number of aromatic nitrogens is 1. The summed E-state index contributed by atoms with van der Waals surface area (Å²) in [6.07, 6.45) is 0.156. The van der Waals surface area contributed by atoms with E-state index in [4.69, 9.17) is 18.9 Å². The molecule has 0 radical (unpaired) electrons. The fourth-order valence-electron chi connectivity index (χ4n) is 6.14. The molecule has 14 nitrogen and oxygen atoms in total. The summed E-state index contributed by atoms with van der Waals surface area (Å²) in [5.41, 5.74) is 5.05.